The van der Waals surface area contributed by atoms with E-state index >= 15 is 0 Å². The zero-order valence-electron chi connectivity index (χ0n) is 12.9. The quantitative estimate of drug-likeness (QED) is 0.852. The minimum absolute atomic E-state index is 0.285. The molecule has 1 atom stereocenters. The van der Waals surface area contributed by atoms with Crippen molar-refractivity contribution in [3.05, 3.63) is 29.8 Å². The van der Waals surface area contributed by atoms with Crippen LogP contribution in [-0.2, 0) is 4.79 Å². The Balaban J connectivity index is 1.68. The molecule has 4 nitrogen and oxygen atoms in total. The van der Waals surface area contributed by atoms with Gasteiger partial charge >= 0.3 is 0 Å². The van der Waals surface area contributed by atoms with E-state index in [2.05, 4.69) is 24.1 Å². The lowest BCUT2D eigenvalue weighted by molar-refractivity contribution is -0.134. The van der Waals surface area contributed by atoms with Crippen LogP contribution in [0.2, 0.25) is 0 Å². The lowest BCUT2D eigenvalue weighted by Crippen LogP contribution is -2.49. The third-order valence-corrected chi connectivity index (χ3v) is 4.66. The van der Waals surface area contributed by atoms with Gasteiger partial charge in [-0.3, -0.25) is 9.69 Å². The topological polar surface area (TPSA) is 32.8 Å². The monoisotopic (exact) mass is 288 g/mol. The van der Waals surface area contributed by atoms with E-state index in [1.807, 2.05) is 17.0 Å². The number of likely N-dealkylation sites (N-methyl/N-ethyl adjacent to an activating group) is 1. The van der Waals surface area contributed by atoms with Crippen molar-refractivity contribution in [3.8, 4) is 5.75 Å². The summed E-state index contributed by atoms with van der Waals surface area (Å²) in [7, 11) is 3.82. The van der Waals surface area contributed by atoms with Crippen molar-refractivity contribution in [2.45, 2.75) is 25.3 Å². The average molecular weight is 288 g/mol. The summed E-state index contributed by atoms with van der Waals surface area (Å²) in [6.45, 7) is 2.59. The molecule has 2 fully saturated rings. The molecule has 1 unspecified atom stereocenters. The highest BCUT2D eigenvalue weighted by atomic mass is 16.5. The molecule has 1 aliphatic carbocycles. The first-order valence-corrected chi connectivity index (χ1v) is 7.79. The Labute approximate surface area is 126 Å². The minimum Gasteiger partial charge on any atom is -0.497 e. The van der Waals surface area contributed by atoms with Gasteiger partial charge in [0.2, 0.25) is 5.91 Å². The Morgan fingerprint density at radius 3 is 2.57 bits per heavy atom. The third-order valence-electron chi connectivity index (χ3n) is 4.66. The van der Waals surface area contributed by atoms with Crippen molar-refractivity contribution in [2.24, 2.45) is 5.92 Å². The Kier molecular flexibility index (Phi) is 4.15. The number of carbonyl (C=O) groups is 1. The zero-order valence-corrected chi connectivity index (χ0v) is 12.9. The molecule has 1 aliphatic heterocycles. The Morgan fingerprint density at radius 1 is 1.24 bits per heavy atom. The molecule has 0 radical (unpaired) electrons. The number of rotatable bonds is 4. The normalized spacial score (nSPS) is 23.1. The van der Waals surface area contributed by atoms with Gasteiger partial charge < -0.3 is 9.64 Å². The number of benzene rings is 1. The Bertz CT molecular complexity index is 496. The summed E-state index contributed by atoms with van der Waals surface area (Å²) in [4.78, 5) is 16.7. The van der Waals surface area contributed by atoms with Crippen LogP contribution in [0.1, 0.15) is 30.9 Å². The molecule has 1 heterocycles. The van der Waals surface area contributed by atoms with Crippen LogP contribution in [0, 0.1) is 5.92 Å². The fourth-order valence-electron chi connectivity index (χ4n) is 2.98. The predicted molar refractivity (Wildman–Crippen MR) is 82.3 cm³/mol. The van der Waals surface area contributed by atoms with Gasteiger partial charge in [-0.15, -0.1) is 0 Å². The lowest BCUT2D eigenvalue weighted by Gasteiger charge is -2.40. The second-order valence-electron chi connectivity index (χ2n) is 6.26. The summed E-state index contributed by atoms with van der Waals surface area (Å²) >= 11 is 0. The fourth-order valence-corrected chi connectivity index (χ4v) is 2.98. The molecule has 0 aromatic heterocycles. The fraction of sp³-hybridized carbons (Fsp3) is 0.588. The van der Waals surface area contributed by atoms with Crippen LogP contribution in [0.4, 0.5) is 0 Å². The van der Waals surface area contributed by atoms with Crippen LogP contribution in [0.25, 0.3) is 0 Å². The van der Waals surface area contributed by atoms with E-state index in [1.54, 1.807) is 7.11 Å². The van der Waals surface area contributed by atoms with Crippen LogP contribution in [0.15, 0.2) is 24.3 Å². The van der Waals surface area contributed by atoms with Gasteiger partial charge in [0.15, 0.2) is 0 Å². The van der Waals surface area contributed by atoms with Gasteiger partial charge in [0.1, 0.15) is 5.75 Å². The second kappa shape index (κ2) is 6.06. The van der Waals surface area contributed by atoms with Gasteiger partial charge in [-0.2, -0.15) is 0 Å². The number of methoxy groups -OCH3 is 1. The maximum Gasteiger partial charge on any atom is 0.222 e. The van der Waals surface area contributed by atoms with Crippen molar-refractivity contribution in [3.63, 3.8) is 0 Å². The number of carbonyl (C=O) groups excluding carboxylic acids is 1. The first-order chi connectivity index (χ1) is 10.2. The maximum atomic E-state index is 12.3. The van der Waals surface area contributed by atoms with Gasteiger partial charge in [0.25, 0.3) is 0 Å². The molecule has 1 aromatic rings. The van der Waals surface area contributed by atoms with Crippen molar-refractivity contribution < 1.29 is 9.53 Å². The maximum absolute atomic E-state index is 12.3. The highest BCUT2D eigenvalue weighted by Crippen LogP contribution is 2.34. The van der Waals surface area contributed by atoms with Gasteiger partial charge in [-0.1, -0.05) is 12.1 Å². The molecule has 0 bridgehead atoms. The van der Waals surface area contributed by atoms with E-state index in [-0.39, 0.29) is 6.04 Å². The van der Waals surface area contributed by atoms with E-state index in [0.717, 1.165) is 31.8 Å². The highest BCUT2D eigenvalue weighted by Gasteiger charge is 2.31. The SMILES string of the molecule is COc1ccc(C2CN(C(=O)CC3CC3)CCN2C)cc1. The predicted octanol–water partition coefficient (Wildman–Crippen LogP) is 2.31. The van der Waals surface area contributed by atoms with Crippen molar-refractivity contribution in [1.82, 2.24) is 9.80 Å². The van der Waals surface area contributed by atoms with Crippen LogP contribution in [0.3, 0.4) is 0 Å². The number of amides is 1. The van der Waals surface area contributed by atoms with E-state index in [1.165, 1.54) is 18.4 Å². The molecular weight excluding hydrogens is 264 g/mol. The summed E-state index contributed by atoms with van der Waals surface area (Å²) < 4.78 is 5.22. The molecular formula is C17H24N2O2. The largest absolute Gasteiger partial charge is 0.497 e. The molecule has 3 rings (SSSR count). The van der Waals surface area contributed by atoms with Gasteiger partial charge in [0.05, 0.1) is 13.2 Å². The van der Waals surface area contributed by atoms with Crippen LogP contribution in [0.5, 0.6) is 5.75 Å². The van der Waals surface area contributed by atoms with Crippen molar-refractivity contribution >= 4 is 5.91 Å². The molecule has 114 valence electrons. The third kappa shape index (κ3) is 3.38. The average Bonchev–Trinajstić information content (AvgIpc) is 3.32. The van der Waals surface area contributed by atoms with E-state index in [4.69, 9.17) is 4.74 Å². The number of hydrogen-bond donors (Lipinski definition) is 0. The van der Waals surface area contributed by atoms with E-state index < -0.39 is 0 Å². The van der Waals surface area contributed by atoms with Crippen molar-refractivity contribution in [1.29, 1.82) is 0 Å². The molecule has 0 spiro atoms. The molecule has 0 N–H and O–H groups in total. The second-order valence-corrected chi connectivity index (χ2v) is 6.26. The summed E-state index contributed by atoms with van der Waals surface area (Å²) in [6.07, 6.45) is 3.22. The van der Waals surface area contributed by atoms with Crippen LogP contribution < -0.4 is 4.74 Å². The summed E-state index contributed by atoms with van der Waals surface area (Å²) in [6, 6.07) is 8.49. The Hall–Kier alpha value is -1.55. The standard InChI is InChI=1S/C17H24N2O2/c1-18-9-10-19(17(20)11-13-3-4-13)12-16(18)14-5-7-15(21-2)8-6-14/h5-8,13,16H,3-4,9-12H2,1-2H3. The number of hydrogen-bond acceptors (Lipinski definition) is 3. The molecule has 4 heteroatoms. The molecule has 1 amide bonds. The number of ether oxygens (including phenoxy) is 1. The smallest absolute Gasteiger partial charge is 0.222 e. The molecule has 1 saturated heterocycles. The summed E-state index contributed by atoms with van der Waals surface area (Å²) in [5, 5.41) is 0. The first kappa shape index (κ1) is 14.4. The molecule has 2 aliphatic rings. The number of nitrogens with zero attached hydrogens (tertiary/aromatic N) is 2. The van der Waals surface area contributed by atoms with Gasteiger partial charge in [0, 0.05) is 26.1 Å². The molecule has 1 saturated carbocycles. The zero-order chi connectivity index (χ0) is 14.8. The van der Waals surface area contributed by atoms with Crippen LogP contribution >= 0.6 is 0 Å². The van der Waals surface area contributed by atoms with Gasteiger partial charge in [-0.05, 0) is 43.5 Å². The number of piperazine rings is 1. The van der Waals surface area contributed by atoms with Gasteiger partial charge in [-0.25, -0.2) is 0 Å². The molecule has 21 heavy (non-hydrogen) atoms. The van der Waals surface area contributed by atoms with Crippen LogP contribution in [-0.4, -0.2) is 49.5 Å². The Morgan fingerprint density at radius 2 is 1.95 bits per heavy atom. The first-order valence-electron chi connectivity index (χ1n) is 7.79. The van der Waals surface area contributed by atoms with Crippen molar-refractivity contribution in [2.75, 3.05) is 33.8 Å². The van der Waals surface area contributed by atoms with E-state index in [0.29, 0.717) is 11.8 Å². The summed E-state index contributed by atoms with van der Waals surface area (Å²) in [5.74, 6) is 1.87. The summed E-state index contributed by atoms with van der Waals surface area (Å²) in [5.41, 5.74) is 1.25. The minimum atomic E-state index is 0.285. The van der Waals surface area contributed by atoms with E-state index in [9.17, 15) is 4.79 Å². The lowest BCUT2D eigenvalue weighted by atomic mass is 10.0. The highest BCUT2D eigenvalue weighted by molar-refractivity contribution is 5.77. The molecule has 1 aromatic carbocycles.